The van der Waals surface area contributed by atoms with E-state index in [0.29, 0.717) is 26.1 Å². The lowest BCUT2D eigenvalue weighted by atomic mass is 10.0. The van der Waals surface area contributed by atoms with Crippen molar-refractivity contribution >= 4 is 5.97 Å². The zero-order chi connectivity index (χ0) is 12.6. The molecule has 0 aliphatic carbocycles. The van der Waals surface area contributed by atoms with Crippen LogP contribution in [0.2, 0.25) is 0 Å². The highest BCUT2D eigenvalue weighted by Gasteiger charge is 2.41. The van der Waals surface area contributed by atoms with E-state index in [1.165, 1.54) is 0 Å². The number of carboxylic acids is 1. The SMILES string of the molecule is Cc1nnc(CN2CCC(N)(C(=O)O)C2)n1C. The quantitative estimate of drug-likeness (QED) is 0.710. The first-order valence-electron chi connectivity index (χ1n) is 5.52. The molecule has 0 spiro atoms. The van der Waals surface area contributed by atoms with Crippen molar-refractivity contribution in [3.63, 3.8) is 0 Å². The van der Waals surface area contributed by atoms with Gasteiger partial charge in [0.15, 0.2) is 0 Å². The largest absolute Gasteiger partial charge is 0.480 e. The second-order valence-corrected chi connectivity index (χ2v) is 4.64. The zero-order valence-electron chi connectivity index (χ0n) is 10.1. The molecule has 1 fully saturated rings. The summed E-state index contributed by atoms with van der Waals surface area (Å²) in [6.45, 7) is 3.50. The lowest BCUT2D eigenvalue weighted by Gasteiger charge is -2.19. The van der Waals surface area contributed by atoms with Gasteiger partial charge in [-0.25, -0.2) is 0 Å². The Kier molecular flexibility index (Phi) is 2.88. The normalized spacial score (nSPS) is 25.4. The van der Waals surface area contributed by atoms with Gasteiger partial charge in [0, 0.05) is 20.1 Å². The fourth-order valence-corrected chi connectivity index (χ4v) is 2.01. The summed E-state index contributed by atoms with van der Waals surface area (Å²) in [5.74, 6) is 0.739. The Labute approximate surface area is 99.2 Å². The molecular weight excluding hydrogens is 222 g/mol. The van der Waals surface area contributed by atoms with Crippen LogP contribution >= 0.6 is 0 Å². The monoisotopic (exact) mass is 239 g/mol. The number of aryl methyl sites for hydroxylation is 1. The first-order valence-corrected chi connectivity index (χ1v) is 5.52. The molecule has 94 valence electrons. The molecule has 17 heavy (non-hydrogen) atoms. The van der Waals surface area contributed by atoms with Gasteiger partial charge in [-0.1, -0.05) is 0 Å². The van der Waals surface area contributed by atoms with E-state index in [0.717, 1.165) is 11.6 Å². The summed E-state index contributed by atoms with van der Waals surface area (Å²) in [7, 11) is 1.90. The highest BCUT2D eigenvalue weighted by atomic mass is 16.4. The van der Waals surface area contributed by atoms with Crippen LogP contribution in [-0.2, 0) is 18.4 Å². The summed E-state index contributed by atoms with van der Waals surface area (Å²) in [5, 5.41) is 17.1. The molecule has 0 saturated carbocycles. The summed E-state index contributed by atoms with van der Waals surface area (Å²) in [5.41, 5.74) is 4.69. The van der Waals surface area contributed by atoms with Crippen LogP contribution in [0.5, 0.6) is 0 Å². The molecule has 1 aromatic rings. The van der Waals surface area contributed by atoms with Gasteiger partial charge in [0.05, 0.1) is 6.54 Å². The van der Waals surface area contributed by atoms with Gasteiger partial charge in [-0.2, -0.15) is 0 Å². The van der Waals surface area contributed by atoms with Crippen molar-refractivity contribution in [2.45, 2.75) is 25.4 Å². The zero-order valence-corrected chi connectivity index (χ0v) is 10.1. The van der Waals surface area contributed by atoms with E-state index in [-0.39, 0.29) is 0 Å². The number of hydrogen-bond donors (Lipinski definition) is 2. The summed E-state index contributed by atoms with van der Waals surface area (Å²) in [6, 6.07) is 0. The Morgan fingerprint density at radius 1 is 1.59 bits per heavy atom. The van der Waals surface area contributed by atoms with Gasteiger partial charge >= 0.3 is 5.97 Å². The van der Waals surface area contributed by atoms with Gasteiger partial charge in [-0.15, -0.1) is 10.2 Å². The highest BCUT2D eigenvalue weighted by molar-refractivity contribution is 5.79. The number of aromatic nitrogens is 3. The Morgan fingerprint density at radius 3 is 2.76 bits per heavy atom. The molecule has 1 saturated heterocycles. The van der Waals surface area contributed by atoms with Gasteiger partial charge in [0.2, 0.25) is 0 Å². The average molecular weight is 239 g/mol. The lowest BCUT2D eigenvalue weighted by Crippen LogP contribution is -2.50. The van der Waals surface area contributed by atoms with Crippen LogP contribution in [-0.4, -0.2) is 49.4 Å². The summed E-state index contributed by atoms with van der Waals surface area (Å²) in [6.07, 6.45) is 0.471. The van der Waals surface area contributed by atoms with Crippen LogP contribution in [0.3, 0.4) is 0 Å². The molecule has 1 aliphatic rings. The fraction of sp³-hybridized carbons (Fsp3) is 0.700. The number of rotatable bonds is 3. The van der Waals surface area contributed by atoms with E-state index in [2.05, 4.69) is 10.2 Å². The third-order valence-electron chi connectivity index (χ3n) is 3.35. The molecule has 2 heterocycles. The maximum atomic E-state index is 11.0. The number of nitrogens with zero attached hydrogens (tertiary/aromatic N) is 4. The highest BCUT2D eigenvalue weighted by Crippen LogP contribution is 2.20. The summed E-state index contributed by atoms with van der Waals surface area (Å²) in [4.78, 5) is 13.0. The second kappa shape index (κ2) is 4.08. The van der Waals surface area contributed by atoms with Crippen molar-refractivity contribution in [1.29, 1.82) is 0 Å². The first-order chi connectivity index (χ1) is 7.92. The summed E-state index contributed by atoms with van der Waals surface area (Å²) < 4.78 is 1.90. The molecular formula is C10H17N5O2. The molecule has 0 amide bonds. The molecule has 7 heteroatoms. The molecule has 1 aromatic heterocycles. The Hall–Kier alpha value is -1.47. The standard InChI is InChI=1S/C10H17N5O2/c1-7-12-13-8(14(7)2)5-15-4-3-10(11,6-15)9(16)17/h3-6,11H2,1-2H3,(H,16,17). The Balaban J connectivity index is 2.03. The van der Waals surface area contributed by atoms with E-state index in [9.17, 15) is 4.79 Å². The lowest BCUT2D eigenvalue weighted by molar-refractivity contribution is -0.142. The van der Waals surface area contributed by atoms with E-state index >= 15 is 0 Å². The van der Waals surface area contributed by atoms with Gasteiger partial charge in [0.1, 0.15) is 17.2 Å². The smallest absolute Gasteiger partial charge is 0.325 e. The molecule has 1 unspecified atom stereocenters. The minimum Gasteiger partial charge on any atom is -0.480 e. The predicted octanol–water partition coefficient (Wildman–Crippen LogP) is -0.889. The van der Waals surface area contributed by atoms with Crippen LogP contribution in [0.1, 0.15) is 18.1 Å². The molecule has 2 rings (SSSR count). The first kappa shape index (κ1) is 12.0. The van der Waals surface area contributed by atoms with Crippen LogP contribution in [0.4, 0.5) is 0 Å². The number of nitrogens with two attached hydrogens (primary N) is 1. The Morgan fingerprint density at radius 2 is 2.29 bits per heavy atom. The average Bonchev–Trinajstić information content (AvgIpc) is 2.78. The molecule has 0 aromatic carbocycles. The number of likely N-dealkylation sites (tertiary alicyclic amines) is 1. The molecule has 1 atom stereocenters. The van der Waals surface area contributed by atoms with Gasteiger partial charge in [0.25, 0.3) is 0 Å². The third-order valence-corrected chi connectivity index (χ3v) is 3.35. The van der Waals surface area contributed by atoms with Crippen LogP contribution in [0.15, 0.2) is 0 Å². The fourth-order valence-electron chi connectivity index (χ4n) is 2.01. The Bertz CT molecular complexity index is 444. The van der Waals surface area contributed by atoms with E-state index in [1.54, 1.807) is 0 Å². The van der Waals surface area contributed by atoms with Gasteiger partial charge < -0.3 is 15.4 Å². The van der Waals surface area contributed by atoms with Gasteiger partial charge in [-0.05, 0) is 13.3 Å². The second-order valence-electron chi connectivity index (χ2n) is 4.64. The molecule has 0 bridgehead atoms. The van der Waals surface area contributed by atoms with Gasteiger partial charge in [-0.3, -0.25) is 9.69 Å². The van der Waals surface area contributed by atoms with Crippen molar-refractivity contribution in [3.8, 4) is 0 Å². The minimum atomic E-state index is -1.12. The summed E-state index contributed by atoms with van der Waals surface area (Å²) >= 11 is 0. The molecule has 7 nitrogen and oxygen atoms in total. The maximum Gasteiger partial charge on any atom is 0.325 e. The maximum absolute atomic E-state index is 11.0. The van der Waals surface area contributed by atoms with Crippen molar-refractivity contribution in [1.82, 2.24) is 19.7 Å². The topological polar surface area (TPSA) is 97.3 Å². The van der Waals surface area contributed by atoms with Crippen molar-refractivity contribution in [2.75, 3.05) is 13.1 Å². The predicted molar refractivity (Wildman–Crippen MR) is 60.2 cm³/mol. The molecule has 3 N–H and O–H groups in total. The number of hydrogen-bond acceptors (Lipinski definition) is 5. The van der Waals surface area contributed by atoms with Crippen molar-refractivity contribution in [3.05, 3.63) is 11.6 Å². The van der Waals surface area contributed by atoms with Crippen molar-refractivity contribution in [2.24, 2.45) is 12.8 Å². The van der Waals surface area contributed by atoms with E-state index in [1.807, 2.05) is 23.4 Å². The number of aliphatic carboxylic acids is 1. The van der Waals surface area contributed by atoms with Crippen LogP contribution in [0.25, 0.3) is 0 Å². The third kappa shape index (κ3) is 2.16. The van der Waals surface area contributed by atoms with E-state index < -0.39 is 11.5 Å². The van der Waals surface area contributed by atoms with Crippen LogP contribution < -0.4 is 5.73 Å². The molecule has 1 aliphatic heterocycles. The van der Waals surface area contributed by atoms with E-state index in [4.69, 9.17) is 10.8 Å². The van der Waals surface area contributed by atoms with Crippen LogP contribution in [0, 0.1) is 6.92 Å². The van der Waals surface area contributed by atoms with Crippen molar-refractivity contribution < 1.29 is 9.90 Å². The minimum absolute atomic E-state index is 0.355. The number of carboxylic acid groups (broad SMARTS) is 1. The molecule has 0 radical (unpaired) electrons. The number of carbonyl (C=O) groups is 1.